The fourth-order valence-electron chi connectivity index (χ4n) is 2.31. The van der Waals surface area contributed by atoms with Crippen molar-refractivity contribution < 1.29 is 0 Å². The van der Waals surface area contributed by atoms with Crippen molar-refractivity contribution in [3.63, 3.8) is 0 Å². The Labute approximate surface area is 110 Å². The molecular weight excluding hydrogens is 288 g/mol. The molecule has 2 nitrogen and oxygen atoms in total. The number of pyridine rings is 1. The molecule has 1 aromatic rings. The van der Waals surface area contributed by atoms with Crippen molar-refractivity contribution in [1.82, 2.24) is 4.98 Å². The molecule has 1 heterocycles. The molecule has 0 spiro atoms. The van der Waals surface area contributed by atoms with E-state index < -0.39 is 0 Å². The Morgan fingerprint density at radius 2 is 2.19 bits per heavy atom. The lowest BCUT2D eigenvalue weighted by Crippen LogP contribution is -2.24. The van der Waals surface area contributed by atoms with E-state index in [1.807, 2.05) is 6.07 Å². The SMILES string of the molecule is CC(Nc1ncc(Cl)cc1Br)C1CCCC1. The lowest BCUT2D eigenvalue weighted by Gasteiger charge is -2.21. The lowest BCUT2D eigenvalue weighted by molar-refractivity contribution is 0.481. The molecule has 0 amide bonds. The van der Waals surface area contributed by atoms with E-state index >= 15 is 0 Å². The van der Waals surface area contributed by atoms with Crippen LogP contribution in [0.1, 0.15) is 32.6 Å². The molecule has 0 bridgehead atoms. The molecule has 1 atom stereocenters. The second-order valence-corrected chi connectivity index (χ2v) is 5.75. The Balaban J connectivity index is 2.02. The number of halogens is 2. The molecule has 1 saturated carbocycles. The van der Waals surface area contributed by atoms with Gasteiger partial charge in [0.05, 0.1) is 9.50 Å². The molecule has 0 aromatic carbocycles. The summed E-state index contributed by atoms with van der Waals surface area (Å²) in [6, 6.07) is 2.35. The van der Waals surface area contributed by atoms with Gasteiger partial charge in [-0.25, -0.2) is 4.98 Å². The number of hydrogen-bond donors (Lipinski definition) is 1. The Kier molecular flexibility index (Phi) is 4.09. The predicted octanol–water partition coefficient (Wildman–Crippen LogP) is 4.49. The maximum atomic E-state index is 5.86. The topological polar surface area (TPSA) is 24.9 Å². The first kappa shape index (κ1) is 12.2. The van der Waals surface area contributed by atoms with Gasteiger partial charge < -0.3 is 5.32 Å². The number of hydrogen-bond acceptors (Lipinski definition) is 2. The molecule has 0 radical (unpaired) electrons. The summed E-state index contributed by atoms with van der Waals surface area (Å²) < 4.78 is 0.935. The van der Waals surface area contributed by atoms with Gasteiger partial charge >= 0.3 is 0 Å². The highest BCUT2D eigenvalue weighted by Gasteiger charge is 2.22. The third kappa shape index (κ3) is 2.89. The van der Waals surface area contributed by atoms with Crippen LogP contribution in [0.3, 0.4) is 0 Å². The minimum absolute atomic E-state index is 0.479. The molecule has 0 saturated heterocycles. The van der Waals surface area contributed by atoms with E-state index in [0.29, 0.717) is 11.1 Å². The number of nitrogens with one attached hydrogen (secondary N) is 1. The number of anilines is 1. The minimum Gasteiger partial charge on any atom is -0.366 e. The quantitative estimate of drug-likeness (QED) is 0.890. The number of nitrogens with zero attached hydrogens (tertiary/aromatic N) is 1. The summed E-state index contributed by atoms with van der Waals surface area (Å²) >= 11 is 9.34. The number of rotatable bonds is 3. The summed E-state index contributed by atoms with van der Waals surface area (Å²) in [7, 11) is 0. The van der Waals surface area contributed by atoms with Gasteiger partial charge in [0, 0.05) is 12.2 Å². The molecule has 1 aliphatic carbocycles. The molecular formula is C12H16BrClN2. The van der Waals surface area contributed by atoms with Crippen LogP contribution in [-0.2, 0) is 0 Å². The third-order valence-corrected chi connectivity index (χ3v) is 4.09. The van der Waals surface area contributed by atoms with Gasteiger partial charge in [0.25, 0.3) is 0 Å². The van der Waals surface area contributed by atoms with Gasteiger partial charge in [0.1, 0.15) is 5.82 Å². The summed E-state index contributed by atoms with van der Waals surface area (Å²) in [5.74, 6) is 1.67. The fraction of sp³-hybridized carbons (Fsp3) is 0.583. The Morgan fingerprint density at radius 3 is 2.81 bits per heavy atom. The van der Waals surface area contributed by atoms with Gasteiger partial charge in [-0.2, -0.15) is 0 Å². The summed E-state index contributed by atoms with van der Waals surface area (Å²) in [5.41, 5.74) is 0. The maximum absolute atomic E-state index is 5.86. The van der Waals surface area contributed by atoms with Gasteiger partial charge in [0.15, 0.2) is 0 Å². The van der Waals surface area contributed by atoms with Crippen LogP contribution in [0.25, 0.3) is 0 Å². The molecule has 88 valence electrons. The third-order valence-electron chi connectivity index (χ3n) is 3.28. The van der Waals surface area contributed by atoms with E-state index in [4.69, 9.17) is 11.6 Å². The van der Waals surface area contributed by atoms with Crippen molar-refractivity contribution in [3.05, 3.63) is 21.8 Å². The first-order valence-corrected chi connectivity index (χ1v) is 6.91. The van der Waals surface area contributed by atoms with Crippen LogP contribution in [0, 0.1) is 5.92 Å². The van der Waals surface area contributed by atoms with Crippen LogP contribution in [0.15, 0.2) is 16.7 Å². The van der Waals surface area contributed by atoms with Crippen LogP contribution in [0.2, 0.25) is 5.02 Å². The average molecular weight is 304 g/mol. The normalized spacial score (nSPS) is 18.7. The highest BCUT2D eigenvalue weighted by atomic mass is 79.9. The second kappa shape index (κ2) is 5.37. The van der Waals surface area contributed by atoms with Crippen molar-refractivity contribution >= 4 is 33.3 Å². The summed E-state index contributed by atoms with van der Waals surface area (Å²) in [4.78, 5) is 4.30. The average Bonchev–Trinajstić information content (AvgIpc) is 2.75. The van der Waals surface area contributed by atoms with Crippen LogP contribution in [-0.4, -0.2) is 11.0 Å². The van der Waals surface area contributed by atoms with E-state index in [0.717, 1.165) is 16.2 Å². The van der Waals surface area contributed by atoms with E-state index in [1.165, 1.54) is 25.7 Å². The zero-order chi connectivity index (χ0) is 11.5. The summed E-state index contributed by atoms with van der Waals surface area (Å²) in [6.07, 6.45) is 7.08. The second-order valence-electron chi connectivity index (χ2n) is 4.46. The molecule has 4 heteroatoms. The first-order chi connectivity index (χ1) is 7.66. The van der Waals surface area contributed by atoms with E-state index in [1.54, 1.807) is 6.20 Å². The van der Waals surface area contributed by atoms with Gasteiger partial charge in [0.2, 0.25) is 0 Å². The molecule has 1 unspecified atom stereocenters. The fourth-order valence-corrected chi connectivity index (χ4v) is 3.06. The van der Waals surface area contributed by atoms with Gasteiger partial charge in [-0.15, -0.1) is 0 Å². The van der Waals surface area contributed by atoms with Gasteiger partial charge in [-0.1, -0.05) is 24.4 Å². The van der Waals surface area contributed by atoms with Crippen LogP contribution >= 0.6 is 27.5 Å². The summed E-state index contributed by atoms with van der Waals surface area (Å²) in [5, 5.41) is 4.12. The van der Waals surface area contributed by atoms with Crippen molar-refractivity contribution in [2.45, 2.75) is 38.6 Å². The van der Waals surface area contributed by atoms with Crippen molar-refractivity contribution in [2.24, 2.45) is 5.92 Å². The first-order valence-electron chi connectivity index (χ1n) is 5.74. The van der Waals surface area contributed by atoms with Crippen LogP contribution in [0.5, 0.6) is 0 Å². The molecule has 2 rings (SSSR count). The van der Waals surface area contributed by atoms with Crippen LogP contribution in [0.4, 0.5) is 5.82 Å². The maximum Gasteiger partial charge on any atom is 0.140 e. The largest absolute Gasteiger partial charge is 0.366 e. The smallest absolute Gasteiger partial charge is 0.140 e. The minimum atomic E-state index is 0.479. The highest BCUT2D eigenvalue weighted by Crippen LogP contribution is 2.30. The van der Waals surface area contributed by atoms with Gasteiger partial charge in [-0.05, 0) is 47.7 Å². The monoisotopic (exact) mass is 302 g/mol. The Morgan fingerprint density at radius 1 is 1.50 bits per heavy atom. The van der Waals surface area contributed by atoms with E-state index in [9.17, 15) is 0 Å². The molecule has 0 aliphatic heterocycles. The van der Waals surface area contributed by atoms with Gasteiger partial charge in [-0.3, -0.25) is 0 Å². The standard InChI is InChI=1S/C12H16BrClN2/c1-8(9-4-2-3-5-9)16-12-11(13)6-10(14)7-15-12/h6-9H,2-5H2,1H3,(H,15,16). The highest BCUT2D eigenvalue weighted by molar-refractivity contribution is 9.10. The van der Waals surface area contributed by atoms with Crippen molar-refractivity contribution in [3.8, 4) is 0 Å². The predicted molar refractivity (Wildman–Crippen MR) is 72.0 cm³/mol. The zero-order valence-corrected chi connectivity index (χ0v) is 11.7. The molecule has 16 heavy (non-hydrogen) atoms. The van der Waals surface area contributed by atoms with Crippen LogP contribution < -0.4 is 5.32 Å². The zero-order valence-electron chi connectivity index (χ0n) is 9.34. The lowest BCUT2D eigenvalue weighted by atomic mass is 10.00. The van der Waals surface area contributed by atoms with Crippen molar-refractivity contribution in [2.75, 3.05) is 5.32 Å². The van der Waals surface area contributed by atoms with E-state index in [2.05, 4.69) is 33.2 Å². The Hall–Kier alpha value is -0.280. The van der Waals surface area contributed by atoms with E-state index in [-0.39, 0.29) is 0 Å². The number of aromatic nitrogens is 1. The summed E-state index contributed by atoms with van der Waals surface area (Å²) in [6.45, 7) is 2.23. The molecule has 1 N–H and O–H groups in total. The molecule has 1 fully saturated rings. The molecule has 1 aliphatic rings. The van der Waals surface area contributed by atoms with Crippen molar-refractivity contribution in [1.29, 1.82) is 0 Å². The Bertz CT molecular complexity index is 364. The molecule has 1 aromatic heterocycles.